The Bertz CT molecular complexity index is 143. The SMILES string of the molecule is CCN(CCCN(C)C)CC(O)COC. The van der Waals surface area contributed by atoms with Gasteiger partial charge < -0.3 is 19.6 Å². The van der Waals surface area contributed by atoms with E-state index in [-0.39, 0.29) is 6.10 Å². The Morgan fingerprint density at radius 1 is 1.27 bits per heavy atom. The lowest BCUT2D eigenvalue weighted by Crippen LogP contribution is -2.36. The molecule has 4 nitrogen and oxygen atoms in total. The second kappa shape index (κ2) is 9.09. The molecule has 0 rings (SSSR count). The van der Waals surface area contributed by atoms with Gasteiger partial charge in [0.15, 0.2) is 0 Å². The van der Waals surface area contributed by atoms with E-state index in [9.17, 15) is 5.11 Å². The predicted octanol–water partition coefficient (Wildman–Crippen LogP) is 0.267. The lowest BCUT2D eigenvalue weighted by atomic mass is 10.3. The summed E-state index contributed by atoms with van der Waals surface area (Å²) in [6.07, 6.45) is 0.773. The number of hydrogen-bond donors (Lipinski definition) is 1. The normalized spacial score (nSPS) is 13.8. The number of likely N-dealkylation sites (N-methyl/N-ethyl adjacent to an activating group) is 1. The summed E-state index contributed by atoms with van der Waals surface area (Å²) < 4.78 is 4.91. The van der Waals surface area contributed by atoms with Crippen LogP contribution in [-0.2, 0) is 4.74 Å². The molecular weight excluding hydrogens is 192 g/mol. The zero-order valence-corrected chi connectivity index (χ0v) is 10.6. The van der Waals surface area contributed by atoms with Crippen molar-refractivity contribution in [2.75, 3.05) is 54.0 Å². The molecule has 0 saturated heterocycles. The van der Waals surface area contributed by atoms with Crippen LogP contribution in [-0.4, -0.2) is 75.0 Å². The van der Waals surface area contributed by atoms with Crippen molar-refractivity contribution in [1.82, 2.24) is 9.80 Å². The smallest absolute Gasteiger partial charge is 0.0900 e. The van der Waals surface area contributed by atoms with Crippen LogP contribution in [0.2, 0.25) is 0 Å². The van der Waals surface area contributed by atoms with Crippen molar-refractivity contribution in [3.63, 3.8) is 0 Å². The maximum absolute atomic E-state index is 9.58. The van der Waals surface area contributed by atoms with Gasteiger partial charge in [0.25, 0.3) is 0 Å². The fourth-order valence-electron chi connectivity index (χ4n) is 1.53. The summed E-state index contributed by atoms with van der Waals surface area (Å²) in [6.45, 7) is 6.36. The molecule has 92 valence electrons. The summed E-state index contributed by atoms with van der Waals surface area (Å²) in [5.74, 6) is 0. The van der Waals surface area contributed by atoms with E-state index in [0.717, 1.165) is 26.1 Å². The molecule has 0 bridgehead atoms. The Labute approximate surface area is 93.8 Å². The largest absolute Gasteiger partial charge is 0.389 e. The molecule has 0 aliphatic carbocycles. The Balaban J connectivity index is 3.62. The molecule has 0 aliphatic heterocycles. The minimum absolute atomic E-state index is 0.366. The van der Waals surface area contributed by atoms with Gasteiger partial charge in [-0.15, -0.1) is 0 Å². The van der Waals surface area contributed by atoms with Gasteiger partial charge in [-0.3, -0.25) is 0 Å². The highest BCUT2D eigenvalue weighted by Gasteiger charge is 2.09. The van der Waals surface area contributed by atoms with Gasteiger partial charge in [0.05, 0.1) is 12.7 Å². The van der Waals surface area contributed by atoms with Gasteiger partial charge in [-0.25, -0.2) is 0 Å². The van der Waals surface area contributed by atoms with Gasteiger partial charge in [-0.05, 0) is 40.2 Å². The van der Waals surface area contributed by atoms with Crippen LogP contribution in [0.1, 0.15) is 13.3 Å². The third kappa shape index (κ3) is 8.81. The van der Waals surface area contributed by atoms with Crippen LogP contribution in [0.4, 0.5) is 0 Å². The van der Waals surface area contributed by atoms with Crippen LogP contribution in [0.5, 0.6) is 0 Å². The summed E-state index contributed by atoms with van der Waals surface area (Å²) >= 11 is 0. The molecule has 1 atom stereocenters. The monoisotopic (exact) mass is 218 g/mol. The third-order valence-electron chi connectivity index (χ3n) is 2.35. The molecule has 0 heterocycles. The Morgan fingerprint density at radius 3 is 2.40 bits per heavy atom. The van der Waals surface area contributed by atoms with E-state index in [1.54, 1.807) is 7.11 Å². The van der Waals surface area contributed by atoms with E-state index in [2.05, 4.69) is 30.8 Å². The molecule has 0 radical (unpaired) electrons. The molecule has 0 aromatic carbocycles. The second-order valence-electron chi connectivity index (χ2n) is 4.16. The number of aliphatic hydroxyl groups excluding tert-OH is 1. The number of nitrogens with zero attached hydrogens (tertiary/aromatic N) is 2. The minimum Gasteiger partial charge on any atom is -0.389 e. The van der Waals surface area contributed by atoms with Gasteiger partial charge in [-0.2, -0.15) is 0 Å². The highest BCUT2D eigenvalue weighted by Crippen LogP contribution is 1.96. The van der Waals surface area contributed by atoms with E-state index in [1.165, 1.54) is 0 Å². The molecule has 1 unspecified atom stereocenters. The molecule has 4 heteroatoms. The molecule has 0 aromatic rings. The van der Waals surface area contributed by atoms with Crippen molar-refractivity contribution in [3.05, 3.63) is 0 Å². The third-order valence-corrected chi connectivity index (χ3v) is 2.35. The summed E-state index contributed by atoms with van der Waals surface area (Å²) in [6, 6.07) is 0. The van der Waals surface area contributed by atoms with E-state index >= 15 is 0 Å². The number of methoxy groups -OCH3 is 1. The van der Waals surface area contributed by atoms with Gasteiger partial charge in [0, 0.05) is 13.7 Å². The number of hydrogen-bond acceptors (Lipinski definition) is 4. The quantitative estimate of drug-likeness (QED) is 0.602. The minimum atomic E-state index is -0.366. The molecule has 0 amide bonds. The number of rotatable bonds is 9. The average Bonchev–Trinajstić information content (AvgIpc) is 2.16. The van der Waals surface area contributed by atoms with E-state index in [4.69, 9.17) is 4.74 Å². The first-order valence-corrected chi connectivity index (χ1v) is 5.64. The summed E-state index contributed by atoms with van der Waals surface area (Å²) in [4.78, 5) is 4.44. The lowest BCUT2D eigenvalue weighted by Gasteiger charge is -2.23. The predicted molar refractivity (Wildman–Crippen MR) is 63.2 cm³/mol. The standard InChI is InChI=1S/C11H26N2O2/c1-5-13(8-6-7-12(2)3)9-11(14)10-15-4/h11,14H,5-10H2,1-4H3. The maximum atomic E-state index is 9.58. The summed E-state index contributed by atoms with van der Waals surface area (Å²) in [7, 11) is 5.78. The first-order valence-electron chi connectivity index (χ1n) is 5.64. The van der Waals surface area contributed by atoms with Crippen LogP contribution >= 0.6 is 0 Å². The van der Waals surface area contributed by atoms with Crippen molar-refractivity contribution in [3.8, 4) is 0 Å². The molecule has 15 heavy (non-hydrogen) atoms. The molecule has 0 aromatic heterocycles. The summed E-state index contributed by atoms with van der Waals surface area (Å²) in [5, 5.41) is 9.58. The van der Waals surface area contributed by atoms with Crippen LogP contribution < -0.4 is 0 Å². The first-order chi connectivity index (χ1) is 7.10. The van der Waals surface area contributed by atoms with E-state index in [0.29, 0.717) is 13.2 Å². The van der Waals surface area contributed by atoms with Crippen LogP contribution in [0, 0.1) is 0 Å². The van der Waals surface area contributed by atoms with Gasteiger partial charge in [0.2, 0.25) is 0 Å². The Kier molecular flexibility index (Phi) is 9.00. The fourth-order valence-corrected chi connectivity index (χ4v) is 1.53. The van der Waals surface area contributed by atoms with E-state index < -0.39 is 0 Å². The topological polar surface area (TPSA) is 35.9 Å². The summed E-state index contributed by atoms with van der Waals surface area (Å²) in [5.41, 5.74) is 0. The van der Waals surface area contributed by atoms with Gasteiger partial charge in [-0.1, -0.05) is 6.92 Å². The first kappa shape index (κ1) is 14.8. The zero-order valence-electron chi connectivity index (χ0n) is 10.6. The second-order valence-corrected chi connectivity index (χ2v) is 4.16. The molecule has 0 aliphatic rings. The Morgan fingerprint density at radius 2 is 1.93 bits per heavy atom. The molecule has 0 spiro atoms. The van der Waals surface area contributed by atoms with Crippen molar-refractivity contribution in [2.24, 2.45) is 0 Å². The van der Waals surface area contributed by atoms with E-state index in [1.807, 2.05) is 0 Å². The molecule has 0 fully saturated rings. The van der Waals surface area contributed by atoms with Crippen molar-refractivity contribution < 1.29 is 9.84 Å². The van der Waals surface area contributed by atoms with Crippen molar-refractivity contribution in [1.29, 1.82) is 0 Å². The highest BCUT2D eigenvalue weighted by atomic mass is 16.5. The van der Waals surface area contributed by atoms with Crippen LogP contribution in [0.15, 0.2) is 0 Å². The number of ether oxygens (including phenoxy) is 1. The van der Waals surface area contributed by atoms with Crippen LogP contribution in [0.3, 0.4) is 0 Å². The van der Waals surface area contributed by atoms with Crippen LogP contribution in [0.25, 0.3) is 0 Å². The highest BCUT2D eigenvalue weighted by molar-refractivity contribution is 4.63. The van der Waals surface area contributed by atoms with Gasteiger partial charge in [0.1, 0.15) is 0 Å². The van der Waals surface area contributed by atoms with Gasteiger partial charge >= 0.3 is 0 Å². The lowest BCUT2D eigenvalue weighted by molar-refractivity contribution is 0.0382. The zero-order chi connectivity index (χ0) is 11.7. The molecular formula is C11H26N2O2. The van der Waals surface area contributed by atoms with Crippen molar-refractivity contribution in [2.45, 2.75) is 19.4 Å². The Hall–Kier alpha value is -0.160. The fraction of sp³-hybridized carbons (Fsp3) is 1.00. The molecule has 1 N–H and O–H groups in total. The number of aliphatic hydroxyl groups is 1. The maximum Gasteiger partial charge on any atom is 0.0900 e. The molecule has 0 saturated carbocycles. The average molecular weight is 218 g/mol. The van der Waals surface area contributed by atoms with Crippen molar-refractivity contribution >= 4 is 0 Å².